The van der Waals surface area contributed by atoms with E-state index in [2.05, 4.69) is 11.1 Å². The van der Waals surface area contributed by atoms with Crippen LogP contribution in [0.3, 0.4) is 0 Å². The molecular weight excluding hydrogens is 369 g/mol. The van der Waals surface area contributed by atoms with E-state index in [0.717, 1.165) is 11.1 Å². The molecule has 0 amide bonds. The van der Waals surface area contributed by atoms with Crippen LogP contribution in [0.4, 0.5) is 5.82 Å². The molecule has 4 nitrogen and oxygen atoms in total. The number of hydrogen-bond acceptors (Lipinski definition) is 4. The zero-order chi connectivity index (χ0) is 18.8. The Kier molecular flexibility index (Phi) is 5.03. The third-order valence-corrected chi connectivity index (χ3v) is 4.67. The Morgan fingerprint density at radius 3 is 2.58 bits per heavy atom. The molecule has 2 N–H and O–H groups in total. The SMILES string of the molecule is COc1cccc(-c2c(C)c(-c3ccc(Cl)cc3Cl)nc(N)c2C#N)c1. The van der Waals surface area contributed by atoms with Crippen molar-refractivity contribution in [2.75, 3.05) is 12.8 Å². The molecule has 0 fully saturated rings. The number of nitrogens with zero attached hydrogens (tertiary/aromatic N) is 2. The molecule has 6 heteroatoms. The molecule has 0 saturated carbocycles. The summed E-state index contributed by atoms with van der Waals surface area (Å²) in [7, 11) is 1.59. The van der Waals surface area contributed by atoms with Gasteiger partial charge >= 0.3 is 0 Å². The fourth-order valence-corrected chi connectivity index (χ4v) is 3.39. The van der Waals surface area contributed by atoms with Gasteiger partial charge in [0.1, 0.15) is 23.2 Å². The van der Waals surface area contributed by atoms with E-state index < -0.39 is 0 Å². The summed E-state index contributed by atoms with van der Waals surface area (Å²) in [4.78, 5) is 4.43. The van der Waals surface area contributed by atoms with Crippen molar-refractivity contribution in [1.82, 2.24) is 4.98 Å². The van der Waals surface area contributed by atoms with Gasteiger partial charge in [-0.05, 0) is 48.4 Å². The first-order chi connectivity index (χ1) is 12.5. The second kappa shape index (κ2) is 7.25. The number of aromatic nitrogens is 1. The maximum atomic E-state index is 9.62. The zero-order valence-corrected chi connectivity index (χ0v) is 15.7. The molecule has 0 saturated heterocycles. The van der Waals surface area contributed by atoms with Gasteiger partial charge in [0.05, 0.1) is 17.8 Å². The van der Waals surface area contributed by atoms with Crippen LogP contribution in [0.1, 0.15) is 11.1 Å². The quantitative estimate of drug-likeness (QED) is 0.648. The van der Waals surface area contributed by atoms with Crippen LogP contribution in [-0.2, 0) is 0 Å². The van der Waals surface area contributed by atoms with E-state index in [1.807, 2.05) is 31.2 Å². The van der Waals surface area contributed by atoms with Gasteiger partial charge in [-0.3, -0.25) is 0 Å². The van der Waals surface area contributed by atoms with Crippen LogP contribution < -0.4 is 10.5 Å². The smallest absolute Gasteiger partial charge is 0.142 e. The molecule has 130 valence electrons. The number of halogens is 2. The molecule has 0 radical (unpaired) electrons. The highest BCUT2D eigenvalue weighted by Gasteiger charge is 2.20. The molecule has 0 atom stereocenters. The highest BCUT2D eigenvalue weighted by atomic mass is 35.5. The fourth-order valence-electron chi connectivity index (χ4n) is 2.89. The Morgan fingerprint density at radius 2 is 1.92 bits per heavy atom. The first-order valence-electron chi connectivity index (χ1n) is 7.76. The van der Waals surface area contributed by atoms with Gasteiger partial charge < -0.3 is 10.5 Å². The summed E-state index contributed by atoms with van der Waals surface area (Å²) >= 11 is 12.4. The lowest BCUT2D eigenvalue weighted by Gasteiger charge is -2.16. The van der Waals surface area contributed by atoms with Crippen molar-refractivity contribution in [1.29, 1.82) is 5.26 Å². The highest BCUT2D eigenvalue weighted by Crippen LogP contribution is 2.39. The van der Waals surface area contributed by atoms with Gasteiger partial charge in [0.15, 0.2) is 0 Å². The topological polar surface area (TPSA) is 71.9 Å². The molecule has 0 bridgehead atoms. The maximum absolute atomic E-state index is 9.62. The number of benzene rings is 2. The molecule has 0 aliphatic carbocycles. The number of anilines is 1. The van der Waals surface area contributed by atoms with Gasteiger partial charge in [0.25, 0.3) is 0 Å². The molecule has 26 heavy (non-hydrogen) atoms. The van der Waals surface area contributed by atoms with Crippen LogP contribution >= 0.6 is 23.2 Å². The molecule has 0 unspecified atom stereocenters. The number of hydrogen-bond donors (Lipinski definition) is 1. The van der Waals surface area contributed by atoms with Gasteiger partial charge in [-0.25, -0.2) is 4.98 Å². The number of nitrogen functional groups attached to an aromatic ring is 1. The largest absolute Gasteiger partial charge is 0.497 e. The van der Waals surface area contributed by atoms with Crippen molar-refractivity contribution in [3.8, 4) is 34.2 Å². The predicted octanol–water partition coefficient (Wildman–Crippen LogP) is 5.49. The van der Waals surface area contributed by atoms with E-state index in [1.165, 1.54) is 0 Å². The summed E-state index contributed by atoms with van der Waals surface area (Å²) in [5.41, 5.74) is 10.1. The van der Waals surface area contributed by atoms with Crippen molar-refractivity contribution < 1.29 is 4.74 Å². The first-order valence-corrected chi connectivity index (χ1v) is 8.52. The van der Waals surface area contributed by atoms with E-state index in [1.54, 1.807) is 25.3 Å². The summed E-state index contributed by atoms with van der Waals surface area (Å²) in [6.07, 6.45) is 0. The average Bonchev–Trinajstić information content (AvgIpc) is 2.63. The molecule has 3 aromatic rings. The van der Waals surface area contributed by atoms with Crippen molar-refractivity contribution >= 4 is 29.0 Å². The molecule has 3 rings (SSSR count). The molecule has 0 aliphatic rings. The van der Waals surface area contributed by atoms with E-state index in [0.29, 0.717) is 38.2 Å². The minimum Gasteiger partial charge on any atom is -0.497 e. The first kappa shape index (κ1) is 18.1. The average molecular weight is 384 g/mol. The summed E-state index contributed by atoms with van der Waals surface area (Å²) < 4.78 is 5.30. The lowest BCUT2D eigenvalue weighted by molar-refractivity contribution is 0.415. The Hall–Kier alpha value is -2.74. The number of nitriles is 1. The van der Waals surface area contributed by atoms with Crippen molar-refractivity contribution in [3.63, 3.8) is 0 Å². The number of methoxy groups -OCH3 is 1. The normalized spacial score (nSPS) is 10.4. The second-order valence-electron chi connectivity index (χ2n) is 5.69. The molecule has 1 aromatic heterocycles. The number of pyridine rings is 1. The predicted molar refractivity (Wildman–Crippen MR) is 106 cm³/mol. The van der Waals surface area contributed by atoms with Gasteiger partial charge in [-0.1, -0.05) is 35.3 Å². The van der Waals surface area contributed by atoms with Crippen LogP contribution in [0.5, 0.6) is 5.75 Å². The van der Waals surface area contributed by atoms with E-state index in [4.69, 9.17) is 33.7 Å². The Bertz CT molecular complexity index is 1040. The summed E-state index contributed by atoms with van der Waals surface area (Å²) in [5, 5.41) is 10.6. The monoisotopic (exact) mass is 383 g/mol. The van der Waals surface area contributed by atoms with Gasteiger partial charge in [0, 0.05) is 16.1 Å². The summed E-state index contributed by atoms with van der Waals surface area (Å²) in [6.45, 7) is 1.89. The molecule has 2 aromatic carbocycles. The number of ether oxygens (including phenoxy) is 1. The van der Waals surface area contributed by atoms with Crippen LogP contribution in [0.15, 0.2) is 42.5 Å². The van der Waals surface area contributed by atoms with Crippen LogP contribution in [0.25, 0.3) is 22.4 Å². The van der Waals surface area contributed by atoms with Gasteiger partial charge in [0.2, 0.25) is 0 Å². The van der Waals surface area contributed by atoms with Crippen molar-refractivity contribution in [3.05, 3.63) is 63.6 Å². The van der Waals surface area contributed by atoms with E-state index in [-0.39, 0.29) is 5.82 Å². The Labute approximate surface area is 161 Å². The van der Waals surface area contributed by atoms with Crippen LogP contribution in [-0.4, -0.2) is 12.1 Å². The zero-order valence-electron chi connectivity index (χ0n) is 14.2. The summed E-state index contributed by atoms with van der Waals surface area (Å²) in [6, 6.07) is 14.8. The lowest BCUT2D eigenvalue weighted by atomic mass is 9.92. The van der Waals surface area contributed by atoms with Crippen molar-refractivity contribution in [2.24, 2.45) is 0 Å². The van der Waals surface area contributed by atoms with Crippen LogP contribution in [0.2, 0.25) is 10.0 Å². The minimum absolute atomic E-state index is 0.150. The number of nitrogens with two attached hydrogens (primary N) is 1. The van der Waals surface area contributed by atoms with Crippen LogP contribution in [0, 0.1) is 18.3 Å². The standard InChI is InChI=1S/C20H15Cl2N3O/c1-11-18(12-4-3-5-14(8-12)26-2)16(10-23)20(24)25-19(11)15-7-6-13(21)9-17(15)22/h3-9H,1-2H3,(H2,24,25). The number of rotatable bonds is 3. The third-order valence-electron chi connectivity index (χ3n) is 4.13. The third kappa shape index (κ3) is 3.20. The maximum Gasteiger partial charge on any atom is 0.142 e. The van der Waals surface area contributed by atoms with Gasteiger partial charge in [-0.15, -0.1) is 0 Å². The second-order valence-corrected chi connectivity index (χ2v) is 6.53. The summed E-state index contributed by atoms with van der Waals surface area (Å²) in [5.74, 6) is 0.837. The lowest BCUT2D eigenvalue weighted by Crippen LogP contribution is -2.03. The fraction of sp³-hybridized carbons (Fsp3) is 0.100. The van der Waals surface area contributed by atoms with Gasteiger partial charge in [-0.2, -0.15) is 5.26 Å². The van der Waals surface area contributed by atoms with E-state index >= 15 is 0 Å². The Morgan fingerprint density at radius 1 is 1.15 bits per heavy atom. The molecular formula is C20H15Cl2N3O. The Balaban J connectivity index is 2.33. The van der Waals surface area contributed by atoms with E-state index in [9.17, 15) is 5.26 Å². The molecule has 0 aliphatic heterocycles. The van der Waals surface area contributed by atoms with Crippen molar-refractivity contribution in [2.45, 2.75) is 6.92 Å². The molecule has 1 heterocycles. The minimum atomic E-state index is 0.150. The molecule has 0 spiro atoms. The highest BCUT2D eigenvalue weighted by molar-refractivity contribution is 6.36.